The van der Waals surface area contributed by atoms with E-state index in [2.05, 4.69) is 41.5 Å². The van der Waals surface area contributed by atoms with Gasteiger partial charge in [-0.25, -0.2) is 15.8 Å². The molecule has 16 heavy (non-hydrogen) atoms. The molecule has 0 bridgehead atoms. The van der Waals surface area contributed by atoms with Crippen molar-refractivity contribution in [3.05, 3.63) is 11.9 Å². The van der Waals surface area contributed by atoms with E-state index < -0.39 is 0 Å². The van der Waals surface area contributed by atoms with E-state index in [0.29, 0.717) is 11.7 Å². The van der Waals surface area contributed by atoms with Crippen LogP contribution in [-0.4, -0.2) is 15.5 Å². The maximum Gasteiger partial charge on any atom is 0.145 e. The van der Waals surface area contributed by atoms with Crippen LogP contribution in [0, 0.1) is 0 Å². The molecule has 0 atom stereocenters. The summed E-state index contributed by atoms with van der Waals surface area (Å²) in [5, 5.41) is 3.33. The van der Waals surface area contributed by atoms with Crippen molar-refractivity contribution in [2.24, 2.45) is 5.84 Å². The molecule has 0 saturated heterocycles. The standard InChI is InChI=1S/C11H19N5/c1-11(2,3)15-8-6-9(16-12)14-10(13-8)7-4-5-7/h6-7H,4-5,12H2,1-3H3,(H2,13,14,15,16). The maximum atomic E-state index is 5.40. The van der Waals surface area contributed by atoms with Crippen molar-refractivity contribution in [3.63, 3.8) is 0 Å². The van der Waals surface area contributed by atoms with Crippen molar-refractivity contribution in [2.45, 2.75) is 45.1 Å². The van der Waals surface area contributed by atoms with E-state index in [1.165, 1.54) is 12.8 Å². The van der Waals surface area contributed by atoms with Gasteiger partial charge in [0, 0.05) is 17.5 Å². The van der Waals surface area contributed by atoms with Crippen LogP contribution < -0.4 is 16.6 Å². The average molecular weight is 221 g/mol. The third kappa shape index (κ3) is 2.82. The fourth-order valence-corrected chi connectivity index (χ4v) is 1.51. The predicted molar refractivity (Wildman–Crippen MR) is 65.2 cm³/mol. The Morgan fingerprint density at radius 3 is 2.38 bits per heavy atom. The molecule has 2 rings (SSSR count). The van der Waals surface area contributed by atoms with Crippen LogP contribution in [0.3, 0.4) is 0 Å². The smallest absolute Gasteiger partial charge is 0.145 e. The van der Waals surface area contributed by atoms with Crippen LogP contribution in [-0.2, 0) is 0 Å². The summed E-state index contributed by atoms with van der Waals surface area (Å²) in [6, 6.07) is 1.83. The number of rotatable bonds is 3. The molecule has 1 aliphatic carbocycles. The molecule has 5 nitrogen and oxygen atoms in total. The summed E-state index contributed by atoms with van der Waals surface area (Å²) in [7, 11) is 0. The number of hydrazine groups is 1. The van der Waals surface area contributed by atoms with Crippen molar-refractivity contribution in [1.82, 2.24) is 9.97 Å². The Morgan fingerprint density at radius 1 is 1.25 bits per heavy atom. The van der Waals surface area contributed by atoms with Gasteiger partial charge in [0.15, 0.2) is 0 Å². The molecular weight excluding hydrogens is 202 g/mol. The lowest BCUT2D eigenvalue weighted by atomic mass is 10.1. The molecule has 88 valence electrons. The van der Waals surface area contributed by atoms with E-state index in [0.717, 1.165) is 11.6 Å². The Balaban J connectivity index is 2.25. The Morgan fingerprint density at radius 2 is 1.88 bits per heavy atom. The lowest BCUT2D eigenvalue weighted by molar-refractivity contribution is 0.629. The van der Waals surface area contributed by atoms with Crippen LogP contribution in [0.2, 0.25) is 0 Å². The van der Waals surface area contributed by atoms with Gasteiger partial charge < -0.3 is 10.7 Å². The molecule has 0 spiro atoms. The zero-order valence-corrected chi connectivity index (χ0v) is 10.0. The highest BCUT2D eigenvalue weighted by Crippen LogP contribution is 2.38. The minimum Gasteiger partial charge on any atom is -0.365 e. The third-order valence-corrected chi connectivity index (χ3v) is 2.34. The van der Waals surface area contributed by atoms with E-state index >= 15 is 0 Å². The number of nitrogens with one attached hydrogen (secondary N) is 2. The van der Waals surface area contributed by atoms with Gasteiger partial charge in [-0.1, -0.05) is 0 Å². The normalized spacial score (nSPS) is 16.0. The molecule has 1 aromatic heterocycles. The van der Waals surface area contributed by atoms with Crippen molar-refractivity contribution < 1.29 is 0 Å². The fourth-order valence-electron chi connectivity index (χ4n) is 1.51. The van der Waals surface area contributed by atoms with Crippen LogP contribution in [0.5, 0.6) is 0 Å². The van der Waals surface area contributed by atoms with E-state index in [-0.39, 0.29) is 5.54 Å². The summed E-state index contributed by atoms with van der Waals surface area (Å²) < 4.78 is 0. The van der Waals surface area contributed by atoms with Gasteiger partial charge in [0.05, 0.1) is 0 Å². The number of anilines is 2. The monoisotopic (exact) mass is 221 g/mol. The summed E-state index contributed by atoms with van der Waals surface area (Å²) in [5.41, 5.74) is 2.57. The predicted octanol–water partition coefficient (Wildman–Crippen LogP) is 1.85. The number of hydrogen-bond donors (Lipinski definition) is 3. The highest BCUT2D eigenvalue weighted by molar-refractivity contribution is 5.48. The molecule has 1 fully saturated rings. The Bertz CT molecular complexity index is 378. The van der Waals surface area contributed by atoms with Crippen molar-refractivity contribution in [3.8, 4) is 0 Å². The molecule has 0 unspecified atom stereocenters. The number of nitrogens with two attached hydrogens (primary N) is 1. The second-order valence-electron chi connectivity index (χ2n) is 5.29. The number of hydrogen-bond acceptors (Lipinski definition) is 5. The zero-order valence-electron chi connectivity index (χ0n) is 10.0. The highest BCUT2D eigenvalue weighted by atomic mass is 15.3. The minimum absolute atomic E-state index is 0.0129. The molecule has 1 aliphatic rings. The minimum atomic E-state index is -0.0129. The van der Waals surface area contributed by atoms with E-state index in [1.54, 1.807) is 0 Å². The summed E-state index contributed by atoms with van der Waals surface area (Å²) in [6.45, 7) is 6.30. The first-order chi connectivity index (χ1) is 7.48. The summed E-state index contributed by atoms with van der Waals surface area (Å²) in [6.07, 6.45) is 2.37. The molecule has 1 saturated carbocycles. The molecule has 5 heteroatoms. The van der Waals surface area contributed by atoms with Crippen molar-refractivity contribution in [2.75, 3.05) is 10.7 Å². The number of nitrogen functional groups attached to an aromatic ring is 1. The van der Waals surface area contributed by atoms with Gasteiger partial charge in [0.1, 0.15) is 17.5 Å². The quantitative estimate of drug-likeness (QED) is 0.536. The third-order valence-electron chi connectivity index (χ3n) is 2.34. The van der Waals surface area contributed by atoms with Gasteiger partial charge in [-0.2, -0.15) is 0 Å². The molecule has 1 heterocycles. The van der Waals surface area contributed by atoms with Crippen LogP contribution in [0.4, 0.5) is 11.6 Å². The van der Waals surface area contributed by atoms with Gasteiger partial charge >= 0.3 is 0 Å². The topological polar surface area (TPSA) is 75.9 Å². The zero-order chi connectivity index (χ0) is 11.8. The van der Waals surface area contributed by atoms with Gasteiger partial charge in [0.25, 0.3) is 0 Å². The summed E-state index contributed by atoms with van der Waals surface area (Å²) >= 11 is 0. The van der Waals surface area contributed by atoms with Gasteiger partial charge in [-0.05, 0) is 33.6 Å². The molecule has 0 aliphatic heterocycles. The largest absolute Gasteiger partial charge is 0.365 e. The Kier molecular flexibility index (Phi) is 2.71. The van der Waals surface area contributed by atoms with Crippen molar-refractivity contribution >= 4 is 11.6 Å². The molecule has 1 aromatic rings. The summed E-state index contributed by atoms with van der Waals surface area (Å²) in [5.74, 6) is 8.32. The van der Waals surface area contributed by atoms with Crippen LogP contribution in [0.25, 0.3) is 0 Å². The molecule has 0 radical (unpaired) electrons. The average Bonchev–Trinajstić information content (AvgIpc) is 2.97. The van der Waals surface area contributed by atoms with Crippen molar-refractivity contribution in [1.29, 1.82) is 0 Å². The first kappa shape index (κ1) is 11.1. The first-order valence-corrected chi connectivity index (χ1v) is 5.62. The van der Waals surface area contributed by atoms with Crippen LogP contribution in [0.15, 0.2) is 6.07 Å². The number of nitrogens with zero attached hydrogens (tertiary/aromatic N) is 2. The van der Waals surface area contributed by atoms with E-state index in [9.17, 15) is 0 Å². The Hall–Kier alpha value is -1.36. The maximum absolute atomic E-state index is 5.40. The van der Waals surface area contributed by atoms with E-state index in [1.807, 2.05) is 6.07 Å². The second kappa shape index (κ2) is 3.90. The van der Waals surface area contributed by atoms with Gasteiger partial charge in [-0.15, -0.1) is 0 Å². The number of aromatic nitrogens is 2. The molecule has 4 N–H and O–H groups in total. The summed E-state index contributed by atoms with van der Waals surface area (Å²) in [4.78, 5) is 8.87. The van der Waals surface area contributed by atoms with Crippen LogP contribution >= 0.6 is 0 Å². The Labute approximate surface area is 95.8 Å². The SMILES string of the molecule is CC(C)(C)Nc1cc(NN)nc(C2CC2)n1. The van der Waals surface area contributed by atoms with E-state index in [4.69, 9.17) is 5.84 Å². The molecule has 0 amide bonds. The fraction of sp³-hybridized carbons (Fsp3) is 0.636. The highest BCUT2D eigenvalue weighted by Gasteiger charge is 2.27. The second-order valence-corrected chi connectivity index (χ2v) is 5.29. The van der Waals surface area contributed by atoms with Gasteiger partial charge in [0.2, 0.25) is 0 Å². The van der Waals surface area contributed by atoms with Crippen LogP contribution in [0.1, 0.15) is 45.4 Å². The first-order valence-electron chi connectivity index (χ1n) is 5.62. The molecule has 0 aromatic carbocycles. The molecular formula is C11H19N5. The van der Waals surface area contributed by atoms with Gasteiger partial charge in [-0.3, -0.25) is 0 Å². The lowest BCUT2D eigenvalue weighted by Gasteiger charge is -2.21. The lowest BCUT2D eigenvalue weighted by Crippen LogP contribution is -2.27.